The second kappa shape index (κ2) is 4.86. The van der Waals surface area contributed by atoms with Gasteiger partial charge >= 0.3 is 0 Å². The zero-order valence-electron chi connectivity index (χ0n) is 10.9. The van der Waals surface area contributed by atoms with E-state index >= 15 is 0 Å². The molecule has 1 aromatic heterocycles. The number of nitriles is 1. The van der Waals surface area contributed by atoms with Crippen LogP contribution in [0.15, 0.2) is 18.2 Å². The van der Waals surface area contributed by atoms with Crippen molar-refractivity contribution in [3.8, 4) is 6.07 Å². The maximum Gasteiger partial charge on any atom is 0.125 e. The Labute approximate surface area is 117 Å². The van der Waals surface area contributed by atoms with Gasteiger partial charge in [0.1, 0.15) is 17.4 Å². The number of rotatable bonds is 2. The molecule has 1 aromatic carbocycles. The maximum absolute atomic E-state index is 9.19. The van der Waals surface area contributed by atoms with Gasteiger partial charge in [-0.25, -0.2) is 4.98 Å². The molecule has 19 heavy (non-hydrogen) atoms. The lowest BCUT2D eigenvalue weighted by atomic mass is 10.1. The molecule has 4 heteroatoms. The summed E-state index contributed by atoms with van der Waals surface area (Å²) in [6.45, 7) is 2.29. The van der Waals surface area contributed by atoms with Crippen LogP contribution >= 0.6 is 11.6 Å². The third-order valence-corrected chi connectivity index (χ3v) is 4.42. The van der Waals surface area contributed by atoms with Crippen molar-refractivity contribution in [2.24, 2.45) is 5.92 Å². The van der Waals surface area contributed by atoms with Crippen molar-refractivity contribution < 1.29 is 0 Å². The predicted molar refractivity (Wildman–Crippen MR) is 76.1 cm³/mol. The Morgan fingerprint density at radius 2 is 2.32 bits per heavy atom. The van der Waals surface area contributed by atoms with Crippen LogP contribution < -0.4 is 0 Å². The number of imidazole rings is 1. The Bertz CT molecular complexity index is 653. The van der Waals surface area contributed by atoms with Crippen LogP contribution in [0.1, 0.15) is 43.6 Å². The summed E-state index contributed by atoms with van der Waals surface area (Å²) in [5.74, 6) is 1.92. The monoisotopic (exact) mass is 273 g/mol. The third-order valence-electron chi connectivity index (χ3n) is 4.18. The smallest absolute Gasteiger partial charge is 0.125 e. The minimum absolute atomic E-state index is 0.392. The van der Waals surface area contributed by atoms with Crippen molar-refractivity contribution in [1.29, 1.82) is 5.26 Å². The zero-order chi connectivity index (χ0) is 13.4. The highest BCUT2D eigenvalue weighted by Gasteiger charge is 2.28. The quantitative estimate of drug-likeness (QED) is 0.776. The zero-order valence-corrected chi connectivity index (χ0v) is 11.7. The molecule has 3 nitrogen and oxygen atoms in total. The molecule has 3 rings (SSSR count). The van der Waals surface area contributed by atoms with E-state index in [4.69, 9.17) is 11.6 Å². The van der Waals surface area contributed by atoms with Crippen molar-refractivity contribution in [3.63, 3.8) is 0 Å². The van der Waals surface area contributed by atoms with Crippen molar-refractivity contribution in [2.75, 3.05) is 0 Å². The van der Waals surface area contributed by atoms with Gasteiger partial charge in [-0.2, -0.15) is 5.26 Å². The van der Waals surface area contributed by atoms with Gasteiger partial charge in [0.15, 0.2) is 0 Å². The van der Waals surface area contributed by atoms with Gasteiger partial charge in [-0.15, -0.1) is 11.6 Å². The fraction of sp³-hybridized carbons (Fsp3) is 0.467. The molecule has 2 unspecified atom stereocenters. The minimum Gasteiger partial charge on any atom is -0.324 e. The van der Waals surface area contributed by atoms with Gasteiger partial charge in [0.05, 0.1) is 17.0 Å². The maximum atomic E-state index is 9.19. The standard InChI is InChI=1S/C15H16ClN3/c1-10-4-2-6-12(10)19-13-7-3-5-11(9-17)15(13)18-14(19)8-16/h3,5,7,10,12H,2,4,6,8H2,1H3. The number of benzene rings is 1. The van der Waals surface area contributed by atoms with Crippen molar-refractivity contribution >= 4 is 22.6 Å². The summed E-state index contributed by atoms with van der Waals surface area (Å²) in [4.78, 5) is 4.59. The SMILES string of the molecule is CC1CCCC1n1c(CCl)nc2c(C#N)cccc21. The summed E-state index contributed by atoms with van der Waals surface area (Å²) in [7, 11) is 0. The molecule has 0 spiro atoms. The van der Waals surface area contributed by atoms with Gasteiger partial charge in [-0.05, 0) is 30.9 Å². The second-order valence-corrected chi connectivity index (χ2v) is 5.56. The van der Waals surface area contributed by atoms with Gasteiger partial charge in [0.25, 0.3) is 0 Å². The molecule has 0 amide bonds. The Balaban J connectivity index is 2.25. The van der Waals surface area contributed by atoms with E-state index in [1.54, 1.807) is 0 Å². The lowest BCUT2D eigenvalue weighted by Gasteiger charge is -2.20. The molecule has 2 aromatic rings. The number of halogens is 1. The van der Waals surface area contributed by atoms with E-state index in [0.29, 0.717) is 23.4 Å². The van der Waals surface area contributed by atoms with E-state index in [-0.39, 0.29) is 0 Å². The van der Waals surface area contributed by atoms with Gasteiger partial charge in [0, 0.05) is 6.04 Å². The van der Waals surface area contributed by atoms with Crippen LogP contribution in [0.3, 0.4) is 0 Å². The molecule has 1 aliphatic carbocycles. The first-order valence-electron chi connectivity index (χ1n) is 6.72. The van der Waals surface area contributed by atoms with Crippen molar-refractivity contribution in [2.45, 2.75) is 38.1 Å². The highest BCUT2D eigenvalue weighted by Crippen LogP contribution is 2.38. The Morgan fingerprint density at radius 1 is 1.47 bits per heavy atom. The summed E-state index contributed by atoms with van der Waals surface area (Å²) in [6.07, 6.45) is 3.68. The average Bonchev–Trinajstić information content (AvgIpc) is 3.00. The van der Waals surface area contributed by atoms with Crippen LogP contribution in [-0.2, 0) is 5.88 Å². The van der Waals surface area contributed by atoms with Crippen LogP contribution in [0.2, 0.25) is 0 Å². The number of hydrogen-bond acceptors (Lipinski definition) is 2. The molecule has 1 heterocycles. The summed E-state index contributed by atoms with van der Waals surface area (Å²) in [5, 5.41) is 9.19. The van der Waals surface area contributed by atoms with E-state index in [0.717, 1.165) is 16.9 Å². The van der Waals surface area contributed by atoms with E-state index in [1.165, 1.54) is 19.3 Å². The van der Waals surface area contributed by atoms with Crippen LogP contribution in [-0.4, -0.2) is 9.55 Å². The van der Waals surface area contributed by atoms with E-state index < -0.39 is 0 Å². The highest BCUT2D eigenvalue weighted by molar-refractivity contribution is 6.16. The van der Waals surface area contributed by atoms with E-state index in [1.807, 2.05) is 18.2 Å². The molecule has 0 aliphatic heterocycles. The highest BCUT2D eigenvalue weighted by atomic mass is 35.5. The fourth-order valence-electron chi connectivity index (χ4n) is 3.23. The molecule has 0 N–H and O–H groups in total. The molecule has 1 aliphatic rings. The first-order valence-corrected chi connectivity index (χ1v) is 7.25. The van der Waals surface area contributed by atoms with Crippen LogP contribution in [0.4, 0.5) is 0 Å². The van der Waals surface area contributed by atoms with Crippen LogP contribution in [0.5, 0.6) is 0 Å². The molecular weight excluding hydrogens is 258 g/mol. The lowest BCUT2D eigenvalue weighted by Crippen LogP contribution is -2.14. The van der Waals surface area contributed by atoms with E-state index in [2.05, 4.69) is 22.5 Å². The van der Waals surface area contributed by atoms with E-state index in [9.17, 15) is 5.26 Å². The van der Waals surface area contributed by atoms with Crippen LogP contribution in [0.25, 0.3) is 11.0 Å². The topological polar surface area (TPSA) is 41.6 Å². The lowest BCUT2D eigenvalue weighted by molar-refractivity contribution is 0.408. The molecule has 1 saturated carbocycles. The normalized spacial score (nSPS) is 22.8. The summed E-state index contributed by atoms with van der Waals surface area (Å²) in [6, 6.07) is 8.47. The average molecular weight is 274 g/mol. The Kier molecular flexibility index (Phi) is 3.20. The summed E-state index contributed by atoms with van der Waals surface area (Å²) >= 11 is 6.06. The molecule has 1 fully saturated rings. The molecule has 0 bridgehead atoms. The number of fused-ring (bicyclic) bond motifs is 1. The van der Waals surface area contributed by atoms with Gasteiger partial charge in [-0.1, -0.05) is 19.4 Å². The molecule has 0 saturated heterocycles. The van der Waals surface area contributed by atoms with Crippen LogP contribution in [0, 0.1) is 17.2 Å². The second-order valence-electron chi connectivity index (χ2n) is 5.29. The van der Waals surface area contributed by atoms with Crippen molar-refractivity contribution in [3.05, 3.63) is 29.6 Å². The Morgan fingerprint density at radius 3 is 2.95 bits per heavy atom. The van der Waals surface area contributed by atoms with Gasteiger partial charge in [-0.3, -0.25) is 0 Å². The predicted octanol–water partition coefficient (Wildman–Crippen LogP) is 4.01. The first-order chi connectivity index (χ1) is 9.26. The van der Waals surface area contributed by atoms with Gasteiger partial charge in [0.2, 0.25) is 0 Å². The minimum atomic E-state index is 0.392. The fourth-order valence-corrected chi connectivity index (χ4v) is 3.42. The summed E-state index contributed by atoms with van der Waals surface area (Å²) < 4.78 is 2.26. The summed E-state index contributed by atoms with van der Waals surface area (Å²) in [5.41, 5.74) is 2.47. The molecular formula is C15H16ClN3. The van der Waals surface area contributed by atoms with Gasteiger partial charge < -0.3 is 4.57 Å². The third kappa shape index (κ3) is 1.91. The number of para-hydroxylation sites is 1. The number of hydrogen-bond donors (Lipinski definition) is 0. The molecule has 0 radical (unpaired) electrons. The number of alkyl halides is 1. The molecule has 2 atom stereocenters. The number of aromatic nitrogens is 2. The van der Waals surface area contributed by atoms with Crippen molar-refractivity contribution in [1.82, 2.24) is 9.55 Å². The molecule has 98 valence electrons. The number of nitrogens with zero attached hydrogens (tertiary/aromatic N) is 3. The first kappa shape index (κ1) is 12.5. The Hall–Kier alpha value is -1.53. The largest absolute Gasteiger partial charge is 0.324 e.